The molecule has 1 unspecified atom stereocenters. The van der Waals surface area contributed by atoms with Crippen LogP contribution >= 0.6 is 11.3 Å². The summed E-state index contributed by atoms with van der Waals surface area (Å²) in [5.41, 5.74) is 9.12. The van der Waals surface area contributed by atoms with Gasteiger partial charge in [-0.1, -0.05) is 30.3 Å². The molecule has 2 heterocycles. The monoisotopic (exact) mass is 317 g/mol. The van der Waals surface area contributed by atoms with Crippen molar-refractivity contribution in [1.82, 2.24) is 0 Å². The molecule has 3 rings (SSSR count). The first-order valence-electron chi connectivity index (χ1n) is 7.63. The lowest BCUT2D eigenvalue weighted by Gasteiger charge is -2.24. The Bertz CT molecular complexity index is 667. The number of esters is 1. The van der Waals surface area contributed by atoms with Crippen LogP contribution in [0.4, 0.5) is 5.00 Å². The van der Waals surface area contributed by atoms with E-state index in [1.807, 2.05) is 13.0 Å². The van der Waals surface area contributed by atoms with Gasteiger partial charge >= 0.3 is 5.97 Å². The second-order valence-electron chi connectivity index (χ2n) is 5.55. The van der Waals surface area contributed by atoms with Crippen molar-refractivity contribution in [2.75, 3.05) is 18.9 Å². The molecule has 1 aromatic heterocycles. The minimum Gasteiger partial charge on any atom is -0.462 e. The Hall–Kier alpha value is -1.85. The standard InChI is InChI=1S/C17H20N2O2S/c1-2-21-17(20)15-13-8-9-19(11-14(13)22-16(15)18)10-12-6-4-3-5-7-12/h3-7H,2,8-11,18H2,1H3/p+1. The molecule has 0 saturated carbocycles. The van der Waals surface area contributed by atoms with E-state index in [4.69, 9.17) is 10.5 Å². The maximum absolute atomic E-state index is 12.1. The van der Waals surface area contributed by atoms with Gasteiger partial charge < -0.3 is 15.4 Å². The number of rotatable bonds is 4. The topological polar surface area (TPSA) is 56.8 Å². The molecule has 0 fully saturated rings. The number of nitrogen functional groups attached to an aromatic ring is 1. The van der Waals surface area contributed by atoms with E-state index in [1.54, 1.807) is 11.3 Å². The molecule has 1 aromatic carbocycles. The summed E-state index contributed by atoms with van der Waals surface area (Å²) in [4.78, 5) is 14.8. The highest BCUT2D eigenvalue weighted by molar-refractivity contribution is 7.16. The molecule has 4 nitrogen and oxygen atoms in total. The Balaban J connectivity index is 1.77. The molecule has 22 heavy (non-hydrogen) atoms. The minimum absolute atomic E-state index is 0.274. The van der Waals surface area contributed by atoms with Gasteiger partial charge in [-0.05, 0) is 12.5 Å². The van der Waals surface area contributed by atoms with Crippen LogP contribution in [0.25, 0.3) is 0 Å². The quantitative estimate of drug-likeness (QED) is 0.843. The average Bonchev–Trinajstić information content (AvgIpc) is 2.83. The number of carbonyl (C=O) groups is 1. The lowest BCUT2D eigenvalue weighted by atomic mass is 10.0. The molecule has 0 amide bonds. The van der Waals surface area contributed by atoms with Gasteiger partial charge in [0.05, 0.1) is 23.6 Å². The second kappa shape index (κ2) is 6.50. The van der Waals surface area contributed by atoms with Crippen LogP contribution in [0.3, 0.4) is 0 Å². The van der Waals surface area contributed by atoms with Crippen molar-refractivity contribution < 1.29 is 14.4 Å². The largest absolute Gasteiger partial charge is 0.462 e. The molecular weight excluding hydrogens is 296 g/mol. The SMILES string of the molecule is CCOC(=O)c1c(N)sc2c1CC[NH+](Cc1ccccc1)C2. The van der Waals surface area contributed by atoms with Crippen LogP contribution in [0.15, 0.2) is 30.3 Å². The second-order valence-corrected chi connectivity index (χ2v) is 6.69. The van der Waals surface area contributed by atoms with Gasteiger partial charge in [-0.3, -0.25) is 0 Å². The van der Waals surface area contributed by atoms with Crippen molar-refractivity contribution in [3.05, 3.63) is 51.9 Å². The number of benzene rings is 1. The molecule has 1 aliphatic heterocycles. The summed E-state index contributed by atoms with van der Waals surface area (Å²) < 4.78 is 5.14. The molecule has 116 valence electrons. The van der Waals surface area contributed by atoms with Crippen molar-refractivity contribution in [2.45, 2.75) is 26.4 Å². The number of nitrogens with two attached hydrogens (primary N) is 1. The maximum Gasteiger partial charge on any atom is 0.341 e. The average molecular weight is 317 g/mol. The zero-order chi connectivity index (χ0) is 15.5. The summed E-state index contributed by atoms with van der Waals surface area (Å²) >= 11 is 1.54. The van der Waals surface area contributed by atoms with Crippen LogP contribution in [-0.4, -0.2) is 19.1 Å². The highest BCUT2D eigenvalue weighted by Gasteiger charge is 2.29. The Kier molecular flexibility index (Phi) is 4.45. The van der Waals surface area contributed by atoms with Crippen LogP contribution in [0.5, 0.6) is 0 Å². The van der Waals surface area contributed by atoms with Gasteiger partial charge in [0, 0.05) is 12.0 Å². The first kappa shape index (κ1) is 15.1. The number of quaternary nitrogens is 1. The van der Waals surface area contributed by atoms with Gasteiger partial charge in [-0.25, -0.2) is 4.79 Å². The molecule has 0 radical (unpaired) electrons. The van der Waals surface area contributed by atoms with E-state index in [-0.39, 0.29) is 5.97 Å². The van der Waals surface area contributed by atoms with Crippen LogP contribution in [0, 0.1) is 0 Å². The van der Waals surface area contributed by atoms with Gasteiger partial charge in [0.25, 0.3) is 0 Å². The van der Waals surface area contributed by atoms with E-state index in [0.29, 0.717) is 17.2 Å². The van der Waals surface area contributed by atoms with Crippen molar-refractivity contribution in [3.8, 4) is 0 Å². The first-order chi connectivity index (χ1) is 10.7. The first-order valence-corrected chi connectivity index (χ1v) is 8.45. The van der Waals surface area contributed by atoms with E-state index < -0.39 is 0 Å². The fourth-order valence-electron chi connectivity index (χ4n) is 3.02. The maximum atomic E-state index is 12.1. The molecule has 3 N–H and O–H groups in total. The third-order valence-electron chi connectivity index (χ3n) is 4.03. The smallest absolute Gasteiger partial charge is 0.341 e. The molecule has 2 aromatic rings. The Morgan fingerprint density at radius 2 is 2.14 bits per heavy atom. The number of ether oxygens (including phenoxy) is 1. The van der Waals surface area contributed by atoms with Gasteiger partial charge in [0.1, 0.15) is 18.1 Å². The van der Waals surface area contributed by atoms with Gasteiger partial charge in [-0.15, -0.1) is 11.3 Å². The summed E-state index contributed by atoms with van der Waals surface area (Å²) in [6.07, 6.45) is 0.888. The van der Waals surface area contributed by atoms with Crippen molar-refractivity contribution in [3.63, 3.8) is 0 Å². The summed E-state index contributed by atoms with van der Waals surface area (Å²) in [5, 5.41) is 0.601. The van der Waals surface area contributed by atoms with E-state index in [1.165, 1.54) is 15.3 Å². The van der Waals surface area contributed by atoms with Crippen molar-refractivity contribution in [1.29, 1.82) is 0 Å². The summed E-state index contributed by atoms with van der Waals surface area (Å²) in [6.45, 7) is 5.16. The van der Waals surface area contributed by atoms with Crippen LogP contribution in [0.2, 0.25) is 0 Å². The van der Waals surface area contributed by atoms with Gasteiger partial charge in [-0.2, -0.15) is 0 Å². The highest BCUT2D eigenvalue weighted by atomic mass is 32.1. The fraction of sp³-hybridized carbons (Fsp3) is 0.353. The molecular formula is C17H21N2O2S+. The zero-order valence-corrected chi connectivity index (χ0v) is 13.5. The predicted molar refractivity (Wildman–Crippen MR) is 88.1 cm³/mol. The predicted octanol–water partition coefficient (Wildman–Crippen LogP) is 1.65. The number of hydrogen-bond donors (Lipinski definition) is 2. The van der Waals surface area contributed by atoms with Crippen LogP contribution < -0.4 is 10.6 Å². The number of fused-ring (bicyclic) bond motifs is 1. The lowest BCUT2D eigenvalue weighted by Crippen LogP contribution is -3.10. The summed E-state index contributed by atoms with van der Waals surface area (Å²) in [6, 6.07) is 10.5. The molecule has 1 aliphatic rings. The number of carbonyl (C=O) groups excluding carboxylic acids is 1. The molecule has 0 saturated heterocycles. The van der Waals surface area contributed by atoms with Gasteiger partial charge in [0.2, 0.25) is 0 Å². The fourth-order valence-corrected chi connectivity index (χ4v) is 4.20. The number of anilines is 1. The molecule has 0 spiro atoms. The van der Waals surface area contributed by atoms with E-state index in [2.05, 4.69) is 24.3 Å². The third-order valence-corrected chi connectivity index (χ3v) is 5.09. The summed E-state index contributed by atoms with van der Waals surface area (Å²) in [5.74, 6) is -0.274. The minimum atomic E-state index is -0.274. The van der Waals surface area contributed by atoms with E-state index in [9.17, 15) is 4.79 Å². The van der Waals surface area contributed by atoms with Crippen molar-refractivity contribution >= 4 is 22.3 Å². The number of thiophene rings is 1. The Morgan fingerprint density at radius 3 is 2.86 bits per heavy atom. The molecule has 5 heteroatoms. The number of hydrogen-bond acceptors (Lipinski definition) is 4. The zero-order valence-electron chi connectivity index (χ0n) is 12.7. The Morgan fingerprint density at radius 1 is 1.36 bits per heavy atom. The molecule has 0 aliphatic carbocycles. The van der Waals surface area contributed by atoms with Crippen LogP contribution in [-0.2, 0) is 24.2 Å². The Labute approximate surface area is 134 Å². The molecule has 1 atom stereocenters. The van der Waals surface area contributed by atoms with Crippen molar-refractivity contribution in [2.24, 2.45) is 0 Å². The van der Waals surface area contributed by atoms with E-state index in [0.717, 1.165) is 31.6 Å². The van der Waals surface area contributed by atoms with Gasteiger partial charge in [0.15, 0.2) is 0 Å². The lowest BCUT2D eigenvalue weighted by molar-refractivity contribution is -0.929. The molecule has 0 bridgehead atoms. The number of nitrogens with one attached hydrogen (secondary N) is 1. The normalized spacial score (nSPS) is 17.0. The highest BCUT2D eigenvalue weighted by Crippen LogP contribution is 2.32. The van der Waals surface area contributed by atoms with Crippen LogP contribution in [0.1, 0.15) is 33.3 Å². The van der Waals surface area contributed by atoms with E-state index >= 15 is 0 Å². The summed E-state index contributed by atoms with van der Waals surface area (Å²) in [7, 11) is 0. The third kappa shape index (κ3) is 3.00.